The topological polar surface area (TPSA) is 82.1 Å². The number of hydrogen-bond acceptors (Lipinski definition) is 5. The number of halogens is 10. The molecule has 1 N–H and O–H groups in total. The Hall–Kier alpha value is -1.85. The van der Waals surface area contributed by atoms with E-state index in [1.807, 2.05) is 12.1 Å². The summed E-state index contributed by atoms with van der Waals surface area (Å²) in [6.07, 6.45) is -12.9. The van der Waals surface area contributed by atoms with Crippen LogP contribution < -0.4 is 4.74 Å². The lowest BCUT2D eigenvalue weighted by atomic mass is 9.75. The highest BCUT2D eigenvalue weighted by molar-refractivity contribution is 7.86. The molecular weight excluding hydrogens is 678 g/mol. The van der Waals surface area contributed by atoms with Crippen LogP contribution in [0.2, 0.25) is 0 Å². The molecule has 270 valence electrons. The Balaban J connectivity index is 1.63. The summed E-state index contributed by atoms with van der Waals surface area (Å²) in [7, 11) is -7.19. The van der Waals surface area contributed by atoms with E-state index in [1.54, 1.807) is 0 Å². The molecule has 0 aromatic heterocycles. The molecule has 0 atom stereocenters. The van der Waals surface area contributed by atoms with Crippen LogP contribution in [0.25, 0.3) is 0 Å². The van der Waals surface area contributed by atoms with Crippen LogP contribution in [0, 0.1) is 0 Å². The maximum absolute atomic E-state index is 14.8. The Morgan fingerprint density at radius 2 is 0.979 bits per heavy atom. The minimum Gasteiger partial charge on any atom is -0.484 e. The van der Waals surface area contributed by atoms with Crippen LogP contribution in [-0.2, 0) is 19.6 Å². The molecule has 1 aromatic carbocycles. The van der Waals surface area contributed by atoms with Gasteiger partial charge < -0.3 is 4.74 Å². The fourth-order valence-corrected chi connectivity index (χ4v) is 7.18. The largest absolute Gasteiger partial charge is 0.484 e. The Kier molecular flexibility index (Phi) is 11.4. The molecule has 0 unspecified atom stereocenters. The fraction of sp³-hybridized carbons (Fsp3) is 0.800. The Morgan fingerprint density at radius 1 is 0.596 bits per heavy atom. The molecule has 6 nitrogen and oxygen atoms in total. The molecule has 4 rings (SSSR count). The SMILES string of the molecule is O=S(=O)(O)C(F)(F)C(F)(F)OC(F)(F)C(F)(F)OC(F)(F)COc1c(C2CCCCC2)cc(C2CCCCC2)cc1C1CCCCC1. The summed E-state index contributed by atoms with van der Waals surface area (Å²) in [6.45, 7) is -2.08. The summed E-state index contributed by atoms with van der Waals surface area (Å²) in [5.41, 5.74) is 2.21. The summed E-state index contributed by atoms with van der Waals surface area (Å²) in [5.74, 6) is -0.0214. The summed E-state index contributed by atoms with van der Waals surface area (Å²) < 4.78 is 179. The molecule has 3 aliphatic carbocycles. The van der Waals surface area contributed by atoms with Crippen LogP contribution in [0.4, 0.5) is 43.9 Å². The number of ether oxygens (including phenoxy) is 3. The first-order valence-electron chi connectivity index (χ1n) is 15.7. The number of rotatable bonds is 13. The molecule has 3 fully saturated rings. The van der Waals surface area contributed by atoms with Gasteiger partial charge >= 0.3 is 39.8 Å². The van der Waals surface area contributed by atoms with Crippen molar-refractivity contribution in [3.8, 4) is 5.75 Å². The van der Waals surface area contributed by atoms with E-state index in [0.717, 1.165) is 76.2 Å². The van der Waals surface area contributed by atoms with Crippen molar-refractivity contribution in [2.45, 2.75) is 144 Å². The van der Waals surface area contributed by atoms with Gasteiger partial charge in [0.15, 0.2) is 6.61 Å². The first kappa shape index (κ1) is 38.0. The molecule has 3 aliphatic rings. The normalized spacial score (nSPS) is 20.8. The van der Waals surface area contributed by atoms with Crippen molar-refractivity contribution in [2.24, 2.45) is 0 Å². The maximum Gasteiger partial charge on any atom is 0.460 e. The van der Waals surface area contributed by atoms with Gasteiger partial charge in [0.25, 0.3) is 0 Å². The molecule has 47 heavy (non-hydrogen) atoms. The summed E-state index contributed by atoms with van der Waals surface area (Å²) >= 11 is 0. The molecule has 17 heteroatoms. The monoisotopic (exact) mass is 716 g/mol. The minimum atomic E-state index is -7.19. The van der Waals surface area contributed by atoms with Gasteiger partial charge in [-0.05, 0) is 73.0 Å². The van der Waals surface area contributed by atoms with Gasteiger partial charge in [-0.15, -0.1) is 0 Å². The van der Waals surface area contributed by atoms with Gasteiger partial charge in [-0.3, -0.25) is 4.55 Å². The highest BCUT2D eigenvalue weighted by Gasteiger charge is 2.75. The molecule has 0 saturated heterocycles. The zero-order valence-electron chi connectivity index (χ0n) is 25.4. The van der Waals surface area contributed by atoms with Crippen LogP contribution in [0.15, 0.2) is 12.1 Å². The van der Waals surface area contributed by atoms with E-state index < -0.39 is 46.4 Å². The second-order valence-electron chi connectivity index (χ2n) is 12.7. The Morgan fingerprint density at radius 3 is 1.38 bits per heavy atom. The lowest BCUT2D eigenvalue weighted by Gasteiger charge is -2.34. The summed E-state index contributed by atoms with van der Waals surface area (Å²) in [4.78, 5) is 0. The quantitative estimate of drug-likeness (QED) is 0.162. The van der Waals surface area contributed by atoms with Crippen molar-refractivity contribution < 1.29 is 71.1 Å². The van der Waals surface area contributed by atoms with E-state index in [2.05, 4.69) is 9.47 Å². The molecule has 3 saturated carbocycles. The predicted molar refractivity (Wildman–Crippen MR) is 148 cm³/mol. The molecule has 0 bridgehead atoms. The van der Waals surface area contributed by atoms with Crippen molar-refractivity contribution in [3.63, 3.8) is 0 Å². The standard InChI is InChI=1S/C30H38F10O6S/c31-26(32,45-27(33,34)28(35,36)46-29(37,38)30(39,40)47(41,42)43)18-44-25-23(20-12-6-2-7-13-20)16-22(19-10-4-1-5-11-19)17-24(25)21-14-8-3-9-15-21/h16-17,19-21H,1-15,18H2,(H,41,42,43). The van der Waals surface area contributed by atoms with E-state index in [1.165, 1.54) is 0 Å². The molecule has 0 heterocycles. The average Bonchev–Trinajstić information content (AvgIpc) is 2.99. The summed E-state index contributed by atoms with van der Waals surface area (Å²) in [5, 5.41) is -6.86. The van der Waals surface area contributed by atoms with Gasteiger partial charge in [-0.1, -0.05) is 69.9 Å². The van der Waals surface area contributed by atoms with Crippen LogP contribution >= 0.6 is 0 Å². The van der Waals surface area contributed by atoms with Crippen LogP contribution in [0.5, 0.6) is 5.75 Å². The Bertz CT molecular complexity index is 1280. The number of hydrogen-bond donors (Lipinski definition) is 1. The van der Waals surface area contributed by atoms with E-state index >= 15 is 0 Å². The first-order chi connectivity index (χ1) is 21.7. The maximum atomic E-state index is 14.8. The second kappa shape index (κ2) is 14.2. The number of alkyl halides is 10. The van der Waals surface area contributed by atoms with Gasteiger partial charge in [0.05, 0.1) is 0 Å². The molecule has 0 amide bonds. The van der Waals surface area contributed by atoms with E-state index in [0.29, 0.717) is 36.8 Å². The highest BCUT2D eigenvalue weighted by atomic mass is 32.2. The zero-order chi connectivity index (χ0) is 34.9. The average molecular weight is 717 g/mol. The number of benzene rings is 1. The molecule has 1 aromatic rings. The van der Waals surface area contributed by atoms with Crippen LogP contribution in [-0.4, -0.2) is 49.3 Å². The fourth-order valence-electron chi connectivity index (χ4n) is 6.83. The second-order valence-corrected chi connectivity index (χ2v) is 14.2. The van der Waals surface area contributed by atoms with E-state index in [-0.39, 0.29) is 23.5 Å². The zero-order valence-corrected chi connectivity index (χ0v) is 26.2. The van der Waals surface area contributed by atoms with Crippen molar-refractivity contribution >= 4 is 10.1 Å². The van der Waals surface area contributed by atoms with Gasteiger partial charge in [0.1, 0.15) is 5.75 Å². The third kappa shape index (κ3) is 8.66. The third-order valence-electron chi connectivity index (χ3n) is 9.26. The highest BCUT2D eigenvalue weighted by Crippen LogP contribution is 2.50. The third-order valence-corrected chi connectivity index (χ3v) is 10.1. The van der Waals surface area contributed by atoms with Crippen molar-refractivity contribution in [1.82, 2.24) is 0 Å². The molecule has 0 radical (unpaired) electrons. The van der Waals surface area contributed by atoms with Gasteiger partial charge in [0, 0.05) is 0 Å². The lowest BCUT2D eigenvalue weighted by molar-refractivity contribution is -0.523. The van der Waals surface area contributed by atoms with Crippen molar-refractivity contribution in [2.75, 3.05) is 6.61 Å². The minimum absolute atomic E-state index is 0.00251. The summed E-state index contributed by atoms with van der Waals surface area (Å²) in [6, 6.07) is 3.78. The molecular formula is C30H38F10O6S. The molecule has 0 spiro atoms. The van der Waals surface area contributed by atoms with Crippen LogP contribution in [0.3, 0.4) is 0 Å². The van der Waals surface area contributed by atoms with Crippen molar-refractivity contribution in [3.05, 3.63) is 28.8 Å². The van der Waals surface area contributed by atoms with E-state index in [4.69, 9.17) is 9.29 Å². The van der Waals surface area contributed by atoms with Crippen LogP contribution in [0.1, 0.15) is 131 Å². The molecule has 0 aliphatic heterocycles. The van der Waals surface area contributed by atoms with Crippen molar-refractivity contribution in [1.29, 1.82) is 0 Å². The smallest absolute Gasteiger partial charge is 0.460 e. The Labute approximate surface area is 266 Å². The van der Waals surface area contributed by atoms with Gasteiger partial charge in [0.2, 0.25) is 0 Å². The van der Waals surface area contributed by atoms with Gasteiger partial charge in [-0.2, -0.15) is 52.3 Å². The van der Waals surface area contributed by atoms with E-state index in [9.17, 15) is 52.3 Å². The first-order valence-corrected chi connectivity index (χ1v) is 17.2. The van der Waals surface area contributed by atoms with Gasteiger partial charge in [-0.25, -0.2) is 9.47 Å². The lowest BCUT2D eigenvalue weighted by Crippen LogP contribution is -2.58. The predicted octanol–water partition coefficient (Wildman–Crippen LogP) is 10.1.